The lowest BCUT2D eigenvalue weighted by Gasteiger charge is -2.25. The highest BCUT2D eigenvalue weighted by Crippen LogP contribution is 2.36. The molecule has 0 bridgehead atoms. The summed E-state index contributed by atoms with van der Waals surface area (Å²) in [5.74, 6) is 0.914. The van der Waals surface area contributed by atoms with Crippen LogP contribution in [-0.2, 0) is 0 Å². The molecule has 0 amide bonds. The van der Waals surface area contributed by atoms with Gasteiger partial charge in [-0.3, -0.25) is 0 Å². The Balaban J connectivity index is 1.65. The molecular weight excluding hydrogens is 372 g/mol. The minimum Gasteiger partial charge on any atom is -0.487 e. The lowest BCUT2D eigenvalue weighted by molar-refractivity contribution is 0.226. The van der Waals surface area contributed by atoms with Gasteiger partial charge in [0.1, 0.15) is 16.9 Å². The van der Waals surface area contributed by atoms with Gasteiger partial charge in [-0.1, -0.05) is 28.1 Å². The second-order valence-corrected chi connectivity index (χ2v) is 7.34. The smallest absolute Gasteiger partial charge is 0.142 e. The molecule has 23 heavy (non-hydrogen) atoms. The fourth-order valence-electron chi connectivity index (χ4n) is 2.58. The maximum atomic E-state index is 5.82. The minimum atomic E-state index is 0.206. The number of rotatable bonds is 2. The Morgan fingerprint density at radius 2 is 1.96 bits per heavy atom. The Morgan fingerprint density at radius 1 is 1.17 bits per heavy atom. The largest absolute Gasteiger partial charge is 0.487 e. The Kier molecular flexibility index (Phi) is 3.83. The second kappa shape index (κ2) is 5.98. The van der Waals surface area contributed by atoms with E-state index in [0.29, 0.717) is 0 Å². The molecule has 116 valence electrons. The molecule has 2 aromatic carbocycles. The third-order valence-electron chi connectivity index (χ3n) is 3.78. The number of hydrogen-bond donors (Lipinski definition) is 1. The van der Waals surface area contributed by atoms with Crippen LogP contribution in [0.5, 0.6) is 5.75 Å². The highest BCUT2D eigenvalue weighted by molar-refractivity contribution is 9.10. The van der Waals surface area contributed by atoms with Crippen molar-refractivity contribution >= 4 is 33.0 Å². The molecule has 1 aliphatic heterocycles. The molecule has 0 aliphatic carbocycles. The first-order valence-electron chi connectivity index (χ1n) is 7.45. The molecule has 3 nitrogen and oxygen atoms in total. The van der Waals surface area contributed by atoms with E-state index in [4.69, 9.17) is 9.72 Å². The first-order valence-corrected chi connectivity index (χ1v) is 9.13. The van der Waals surface area contributed by atoms with Crippen molar-refractivity contribution in [2.24, 2.45) is 0 Å². The molecule has 0 spiro atoms. The number of anilines is 1. The molecule has 1 aromatic heterocycles. The van der Waals surface area contributed by atoms with Gasteiger partial charge in [0.2, 0.25) is 0 Å². The lowest BCUT2D eigenvalue weighted by atomic mass is 10.1. The summed E-state index contributed by atoms with van der Waals surface area (Å²) >= 11 is 5.12. The number of thiazole rings is 1. The predicted molar refractivity (Wildman–Crippen MR) is 99.3 cm³/mol. The molecule has 5 heteroatoms. The SMILES string of the molecule is CC1CNc2cc(-c3nc(-c4ccc(Br)cc4)cs3)ccc2O1. The number of aromatic nitrogens is 1. The highest BCUT2D eigenvalue weighted by Gasteiger charge is 2.16. The van der Waals surface area contributed by atoms with Crippen LogP contribution in [0.1, 0.15) is 6.92 Å². The first-order chi connectivity index (χ1) is 11.2. The van der Waals surface area contributed by atoms with E-state index in [1.54, 1.807) is 11.3 Å². The van der Waals surface area contributed by atoms with Crippen molar-refractivity contribution in [2.45, 2.75) is 13.0 Å². The van der Waals surface area contributed by atoms with Crippen molar-refractivity contribution in [1.29, 1.82) is 0 Å². The lowest BCUT2D eigenvalue weighted by Crippen LogP contribution is -2.27. The fraction of sp³-hybridized carbons (Fsp3) is 0.167. The molecule has 1 aliphatic rings. The fourth-order valence-corrected chi connectivity index (χ4v) is 3.67. The minimum absolute atomic E-state index is 0.206. The zero-order chi connectivity index (χ0) is 15.8. The zero-order valence-corrected chi connectivity index (χ0v) is 14.9. The average molecular weight is 387 g/mol. The normalized spacial score (nSPS) is 16.3. The zero-order valence-electron chi connectivity index (χ0n) is 12.5. The predicted octanol–water partition coefficient (Wildman–Crippen LogP) is 5.43. The average Bonchev–Trinajstić information content (AvgIpc) is 3.05. The van der Waals surface area contributed by atoms with Gasteiger partial charge in [0.15, 0.2) is 0 Å². The van der Waals surface area contributed by atoms with Crippen LogP contribution in [0.15, 0.2) is 52.3 Å². The van der Waals surface area contributed by atoms with Crippen molar-refractivity contribution in [1.82, 2.24) is 4.98 Å². The summed E-state index contributed by atoms with van der Waals surface area (Å²) in [7, 11) is 0. The van der Waals surface area contributed by atoms with Gasteiger partial charge in [-0.25, -0.2) is 4.98 Å². The van der Waals surface area contributed by atoms with Gasteiger partial charge in [-0.2, -0.15) is 0 Å². The molecule has 0 radical (unpaired) electrons. The van der Waals surface area contributed by atoms with Gasteiger partial charge >= 0.3 is 0 Å². The van der Waals surface area contributed by atoms with Crippen LogP contribution in [0.2, 0.25) is 0 Å². The Morgan fingerprint density at radius 3 is 2.78 bits per heavy atom. The van der Waals surface area contributed by atoms with Crippen molar-refractivity contribution in [3.05, 3.63) is 52.3 Å². The van der Waals surface area contributed by atoms with Crippen molar-refractivity contribution in [3.8, 4) is 27.6 Å². The van der Waals surface area contributed by atoms with E-state index in [1.165, 1.54) is 0 Å². The molecule has 0 saturated heterocycles. The molecule has 1 unspecified atom stereocenters. The quantitative estimate of drug-likeness (QED) is 0.637. The summed E-state index contributed by atoms with van der Waals surface area (Å²) in [5.41, 5.74) is 4.29. The maximum Gasteiger partial charge on any atom is 0.142 e. The topological polar surface area (TPSA) is 34.2 Å². The van der Waals surface area contributed by atoms with Gasteiger partial charge < -0.3 is 10.1 Å². The third-order valence-corrected chi connectivity index (χ3v) is 5.20. The maximum absolute atomic E-state index is 5.82. The standard InChI is InChI=1S/C18H15BrN2OS/c1-11-9-20-15-8-13(4-7-17(15)22-11)18-21-16(10-23-18)12-2-5-14(19)6-3-12/h2-8,10-11,20H,9H2,1H3. The van der Waals surface area contributed by atoms with E-state index in [2.05, 4.69) is 57.8 Å². The molecule has 2 heterocycles. The Bertz CT molecular complexity index is 844. The number of fused-ring (bicyclic) bond motifs is 1. The number of hydrogen-bond acceptors (Lipinski definition) is 4. The molecule has 1 atom stereocenters. The van der Waals surface area contributed by atoms with Crippen LogP contribution in [0, 0.1) is 0 Å². The summed E-state index contributed by atoms with van der Waals surface area (Å²) in [6.45, 7) is 2.90. The number of halogens is 1. The number of nitrogens with zero attached hydrogens (tertiary/aromatic N) is 1. The van der Waals surface area contributed by atoms with Crippen molar-refractivity contribution < 1.29 is 4.74 Å². The van der Waals surface area contributed by atoms with E-state index < -0.39 is 0 Å². The van der Waals surface area contributed by atoms with Gasteiger partial charge in [-0.05, 0) is 37.3 Å². The van der Waals surface area contributed by atoms with Gasteiger partial charge in [-0.15, -0.1) is 11.3 Å². The molecule has 0 saturated carbocycles. The number of benzene rings is 2. The summed E-state index contributed by atoms with van der Waals surface area (Å²) in [4.78, 5) is 4.78. The first kappa shape index (κ1) is 14.7. The highest BCUT2D eigenvalue weighted by atomic mass is 79.9. The van der Waals surface area contributed by atoms with Crippen molar-refractivity contribution in [3.63, 3.8) is 0 Å². The summed E-state index contributed by atoms with van der Waals surface area (Å²) in [6, 6.07) is 14.4. The second-order valence-electron chi connectivity index (χ2n) is 5.57. The Labute approximate surface area is 147 Å². The van der Waals surface area contributed by atoms with E-state index in [1.807, 2.05) is 18.2 Å². The van der Waals surface area contributed by atoms with Crippen LogP contribution < -0.4 is 10.1 Å². The van der Waals surface area contributed by atoms with Crippen LogP contribution in [-0.4, -0.2) is 17.6 Å². The van der Waals surface area contributed by atoms with E-state index >= 15 is 0 Å². The number of nitrogens with one attached hydrogen (secondary N) is 1. The van der Waals surface area contributed by atoms with E-state index in [9.17, 15) is 0 Å². The van der Waals surface area contributed by atoms with Gasteiger partial charge in [0.05, 0.1) is 17.9 Å². The Hall–Kier alpha value is -1.85. The summed E-state index contributed by atoms with van der Waals surface area (Å²) < 4.78 is 6.90. The molecule has 0 fully saturated rings. The van der Waals surface area contributed by atoms with E-state index in [0.717, 1.165) is 44.3 Å². The van der Waals surface area contributed by atoms with Gasteiger partial charge in [0.25, 0.3) is 0 Å². The van der Waals surface area contributed by atoms with Crippen LogP contribution >= 0.6 is 27.3 Å². The molecule has 4 rings (SSSR count). The summed E-state index contributed by atoms with van der Waals surface area (Å²) in [6.07, 6.45) is 0.206. The third kappa shape index (κ3) is 2.99. The number of ether oxygens (including phenoxy) is 1. The van der Waals surface area contributed by atoms with Gasteiger partial charge in [0, 0.05) is 21.0 Å². The van der Waals surface area contributed by atoms with E-state index in [-0.39, 0.29) is 6.10 Å². The van der Waals surface area contributed by atoms with Crippen LogP contribution in [0.4, 0.5) is 5.69 Å². The molecule has 1 N–H and O–H groups in total. The van der Waals surface area contributed by atoms with Crippen LogP contribution in [0.25, 0.3) is 21.8 Å². The summed E-state index contributed by atoms with van der Waals surface area (Å²) in [5, 5.41) is 6.53. The van der Waals surface area contributed by atoms with Crippen molar-refractivity contribution in [2.75, 3.05) is 11.9 Å². The molecular formula is C18H15BrN2OS. The van der Waals surface area contributed by atoms with Crippen LogP contribution in [0.3, 0.4) is 0 Å². The molecule has 3 aromatic rings. The monoisotopic (exact) mass is 386 g/mol.